The highest BCUT2D eigenvalue weighted by Crippen LogP contribution is 2.46. The fourth-order valence-electron chi connectivity index (χ4n) is 3.03. The number of aliphatic imine (C=N–C) groups is 1. The predicted molar refractivity (Wildman–Crippen MR) is 96.4 cm³/mol. The van der Waals surface area contributed by atoms with Gasteiger partial charge in [0, 0.05) is 22.4 Å². The summed E-state index contributed by atoms with van der Waals surface area (Å²) in [7, 11) is 0. The van der Waals surface area contributed by atoms with Crippen LogP contribution in [0.5, 0.6) is 0 Å². The van der Waals surface area contributed by atoms with E-state index in [2.05, 4.69) is 48.2 Å². The van der Waals surface area contributed by atoms with Crippen molar-refractivity contribution in [2.45, 2.75) is 18.7 Å². The van der Waals surface area contributed by atoms with E-state index in [0.717, 1.165) is 23.8 Å². The zero-order chi connectivity index (χ0) is 15.3. The van der Waals surface area contributed by atoms with Crippen molar-refractivity contribution in [2.75, 3.05) is 19.3 Å². The van der Waals surface area contributed by atoms with Gasteiger partial charge in [-0.1, -0.05) is 25.6 Å². The number of rotatable bonds is 3. The first-order chi connectivity index (χ1) is 10.7. The highest BCUT2D eigenvalue weighted by molar-refractivity contribution is 8.17. The summed E-state index contributed by atoms with van der Waals surface area (Å²) in [6.45, 7) is 6.42. The van der Waals surface area contributed by atoms with E-state index in [9.17, 15) is 0 Å². The summed E-state index contributed by atoms with van der Waals surface area (Å²) in [5.74, 6) is 0.506. The van der Waals surface area contributed by atoms with E-state index in [4.69, 9.17) is 4.42 Å². The molecule has 0 saturated carbocycles. The molecule has 5 heteroatoms. The third kappa shape index (κ3) is 2.10. The number of benzene rings is 1. The third-order valence-electron chi connectivity index (χ3n) is 4.04. The molecule has 0 N–H and O–H groups in total. The summed E-state index contributed by atoms with van der Waals surface area (Å²) < 4.78 is 5.64. The Hall–Kier alpha value is -1.33. The van der Waals surface area contributed by atoms with Gasteiger partial charge in [-0.05, 0) is 30.4 Å². The molecule has 3 nitrogen and oxygen atoms in total. The van der Waals surface area contributed by atoms with Crippen LogP contribution in [0, 0.1) is 5.92 Å². The number of amidine groups is 1. The zero-order valence-corrected chi connectivity index (χ0v) is 14.6. The summed E-state index contributed by atoms with van der Waals surface area (Å²) in [6, 6.07) is 6.56. The fourth-order valence-corrected chi connectivity index (χ4v) is 4.83. The molecule has 22 heavy (non-hydrogen) atoms. The number of furan rings is 1. The van der Waals surface area contributed by atoms with Gasteiger partial charge < -0.3 is 9.32 Å². The molecule has 1 aromatic heterocycles. The van der Waals surface area contributed by atoms with E-state index in [-0.39, 0.29) is 0 Å². The Morgan fingerprint density at radius 3 is 3.00 bits per heavy atom. The maximum absolute atomic E-state index is 5.64. The van der Waals surface area contributed by atoms with Gasteiger partial charge in [-0.25, -0.2) is 0 Å². The van der Waals surface area contributed by atoms with Crippen LogP contribution in [0.2, 0.25) is 0 Å². The first-order valence-corrected chi connectivity index (χ1v) is 9.53. The van der Waals surface area contributed by atoms with Gasteiger partial charge in [-0.3, -0.25) is 4.99 Å². The Morgan fingerprint density at radius 1 is 1.36 bits per heavy atom. The minimum atomic E-state index is 0.506. The number of fused-ring (bicyclic) bond motifs is 2. The van der Waals surface area contributed by atoms with Crippen LogP contribution in [-0.4, -0.2) is 29.4 Å². The molecule has 3 heterocycles. The van der Waals surface area contributed by atoms with Crippen LogP contribution in [0.25, 0.3) is 16.7 Å². The van der Waals surface area contributed by atoms with E-state index in [1.165, 1.54) is 26.4 Å². The molecule has 0 radical (unpaired) electrons. The van der Waals surface area contributed by atoms with E-state index < -0.39 is 0 Å². The average Bonchev–Trinajstić information content (AvgIpc) is 3.19. The van der Waals surface area contributed by atoms with Gasteiger partial charge in [-0.15, -0.1) is 11.8 Å². The topological polar surface area (TPSA) is 28.7 Å². The second kappa shape index (κ2) is 5.39. The summed E-state index contributed by atoms with van der Waals surface area (Å²) >= 11 is 3.58. The van der Waals surface area contributed by atoms with Crippen molar-refractivity contribution >= 4 is 45.4 Å². The van der Waals surface area contributed by atoms with E-state index in [1.54, 1.807) is 18.0 Å². The molecule has 0 amide bonds. The average molecular weight is 330 g/mol. The first kappa shape index (κ1) is 14.3. The Morgan fingerprint density at radius 2 is 2.23 bits per heavy atom. The van der Waals surface area contributed by atoms with Crippen molar-refractivity contribution < 1.29 is 4.42 Å². The molecular weight excluding hydrogens is 312 g/mol. The van der Waals surface area contributed by atoms with Crippen LogP contribution in [0.4, 0.5) is 0 Å². The molecule has 0 fully saturated rings. The number of allylic oxidation sites excluding steroid dienone is 1. The highest BCUT2D eigenvalue weighted by atomic mass is 32.2. The van der Waals surface area contributed by atoms with Crippen LogP contribution >= 0.6 is 23.5 Å². The molecule has 0 spiro atoms. The standard InChI is InChI=1S/C17H18N2OS2/c1-10(2)16-14(19-6-5-18-17(19)22-16)12-8-11-4-7-20-15(11)13(9-12)21-3/h4,7-10H,5-6H2,1-3H3. The van der Waals surface area contributed by atoms with Crippen LogP contribution in [0.3, 0.4) is 0 Å². The Balaban J connectivity index is 1.92. The third-order valence-corrected chi connectivity index (χ3v) is 6.20. The van der Waals surface area contributed by atoms with Crippen molar-refractivity contribution in [1.82, 2.24) is 4.90 Å². The summed E-state index contributed by atoms with van der Waals surface area (Å²) in [5.41, 5.74) is 3.61. The van der Waals surface area contributed by atoms with Gasteiger partial charge in [0.15, 0.2) is 5.17 Å². The monoisotopic (exact) mass is 330 g/mol. The highest BCUT2D eigenvalue weighted by Gasteiger charge is 2.34. The summed E-state index contributed by atoms with van der Waals surface area (Å²) in [5, 5.41) is 2.34. The van der Waals surface area contributed by atoms with E-state index >= 15 is 0 Å². The molecule has 2 aromatic rings. The van der Waals surface area contributed by atoms with Crippen LogP contribution in [0.1, 0.15) is 19.4 Å². The van der Waals surface area contributed by atoms with Crippen LogP contribution in [0.15, 0.2) is 43.7 Å². The second-order valence-corrected chi connectivity index (χ2v) is 7.66. The minimum absolute atomic E-state index is 0.506. The van der Waals surface area contributed by atoms with E-state index in [1.807, 2.05) is 11.8 Å². The Labute approximate surface area is 138 Å². The second-order valence-electron chi connectivity index (χ2n) is 5.80. The molecule has 2 aliphatic heterocycles. The van der Waals surface area contributed by atoms with Crippen molar-refractivity contribution in [3.63, 3.8) is 0 Å². The van der Waals surface area contributed by atoms with Crippen molar-refractivity contribution in [3.05, 3.63) is 34.9 Å². The number of hydrogen-bond acceptors (Lipinski definition) is 5. The van der Waals surface area contributed by atoms with Crippen molar-refractivity contribution in [3.8, 4) is 0 Å². The lowest BCUT2D eigenvalue weighted by molar-refractivity contribution is 0.608. The number of thioether (sulfide) groups is 2. The maximum atomic E-state index is 5.64. The lowest BCUT2D eigenvalue weighted by Gasteiger charge is -2.19. The molecule has 114 valence electrons. The maximum Gasteiger partial charge on any atom is 0.168 e. The molecule has 1 aromatic carbocycles. The quantitative estimate of drug-likeness (QED) is 0.749. The molecule has 4 rings (SSSR count). The molecule has 0 bridgehead atoms. The SMILES string of the molecule is CSc1cc(C2=C(C(C)C)SC3=NCCN32)cc2ccoc12. The van der Waals surface area contributed by atoms with Gasteiger partial charge >= 0.3 is 0 Å². The van der Waals surface area contributed by atoms with Gasteiger partial charge in [0.2, 0.25) is 0 Å². The summed E-state index contributed by atoms with van der Waals surface area (Å²) in [6.07, 6.45) is 3.88. The van der Waals surface area contributed by atoms with Crippen LogP contribution in [-0.2, 0) is 0 Å². The van der Waals surface area contributed by atoms with Crippen molar-refractivity contribution in [2.24, 2.45) is 10.9 Å². The lowest BCUT2D eigenvalue weighted by atomic mass is 10.0. The molecule has 2 aliphatic rings. The summed E-state index contributed by atoms with van der Waals surface area (Å²) in [4.78, 5) is 9.64. The lowest BCUT2D eigenvalue weighted by Crippen LogP contribution is -2.20. The molecule has 0 atom stereocenters. The zero-order valence-electron chi connectivity index (χ0n) is 12.9. The van der Waals surface area contributed by atoms with Gasteiger partial charge in [0.1, 0.15) is 5.58 Å². The Kier molecular flexibility index (Phi) is 3.50. The largest absolute Gasteiger partial charge is 0.463 e. The van der Waals surface area contributed by atoms with Crippen LogP contribution < -0.4 is 0 Å². The molecule has 0 unspecified atom stereocenters. The molecule has 0 aliphatic carbocycles. The van der Waals surface area contributed by atoms with Gasteiger partial charge in [-0.2, -0.15) is 0 Å². The number of nitrogens with zero attached hydrogens (tertiary/aromatic N) is 2. The smallest absolute Gasteiger partial charge is 0.168 e. The fraction of sp³-hybridized carbons (Fsp3) is 0.353. The molecule has 0 saturated heterocycles. The van der Waals surface area contributed by atoms with E-state index in [0.29, 0.717) is 5.92 Å². The first-order valence-electron chi connectivity index (χ1n) is 7.48. The van der Waals surface area contributed by atoms with Gasteiger partial charge in [0.05, 0.1) is 23.4 Å². The number of hydrogen-bond donors (Lipinski definition) is 0. The predicted octanol–water partition coefficient (Wildman–Crippen LogP) is 4.90. The minimum Gasteiger partial charge on any atom is -0.463 e. The Bertz CT molecular complexity index is 804. The van der Waals surface area contributed by atoms with Crippen molar-refractivity contribution in [1.29, 1.82) is 0 Å². The normalized spacial score (nSPS) is 17.8. The van der Waals surface area contributed by atoms with Gasteiger partial charge in [0.25, 0.3) is 0 Å². The molecular formula is C17H18N2OS2.